The highest BCUT2D eigenvalue weighted by Crippen LogP contribution is 2.42. The number of halogens is 5. The van der Waals surface area contributed by atoms with E-state index < -0.39 is 23.8 Å². The molecule has 0 bridgehead atoms. The number of hydrogen-bond acceptors (Lipinski definition) is 3. The summed E-state index contributed by atoms with van der Waals surface area (Å²) in [6.07, 6.45) is -5.58. The lowest BCUT2D eigenvalue weighted by Crippen LogP contribution is -2.22. The Morgan fingerprint density at radius 2 is 1.48 bits per heavy atom. The smallest absolute Gasteiger partial charge is 0.416 e. The van der Waals surface area contributed by atoms with Crippen molar-refractivity contribution in [3.8, 4) is 17.2 Å². The van der Waals surface area contributed by atoms with E-state index in [9.17, 15) is 18.0 Å². The van der Waals surface area contributed by atoms with Gasteiger partial charge in [0, 0.05) is 0 Å². The molecule has 0 spiro atoms. The van der Waals surface area contributed by atoms with E-state index in [1.165, 1.54) is 6.92 Å². The van der Waals surface area contributed by atoms with Crippen molar-refractivity contribution in [3.63, 3.8) is 0 Å². The molecule has 4 nitrogen and oxygen atoms in total. The van der Waals surface area contributed by atoms with Crippen LogP contribution in [0.4, 0.5) is 13.2 Å². The van der Waals surface area contributed by atoms with Crippen LogP contribution in [0.15, 0.2) is 48.5 Å². The molecule has 0 aliphatic rings. The van der Waals surface area contributed by atoms with Crippen LogP contribution in [0.3, 0.4) is 0 Å². The molecule has 3 rings (SSSR count). The number of rotatable bonds is 5. The Labute approximate surface area is 173 Å². The molecule has 9 heteroatoms. The second-order valence-corrected chi connectivity index (χ2v) is 6.95. The number of carboxylic acid groups (broad SMARTS) is 1. The predicted molar refractivity (Wildman–Crippen MR) is 103 cm³/mol. The van der Waals surface area contributed by atoms with Gasteiger partial charge in [-0.25, -0.2) is 4.79 Å². The number of aliphatic carboxylic acids is 1. The second-order valence-electron chi connectivity index (χ2n) is 6.14. The molecule has 0 aromatic heterocycles. The molecule has 0 heterocycles. The van der Waals surface area contributed by atoms with E-state index in [0.717, 1.165) is 22.9 Å². The van der Waals surface area contributed by atoms with Crippen molar-refractivity contribution in [1.29, 1.82) is 0 Å². The molecule has 1 unspecified atom stereocenters. The van der Waals surface area contributed by atoms with Crippen molar-refractivity contribution in [2.24, 2.45) is 0 Å². The van der Waals surface area contributed by atoms with Crippen LogP contribution in [0.1, 0.15) is 12.5 Å². The van der Waals surface area contributed by atoms with Gasteiger partial charge in [-0.15, -0.1) is 0 Å². The normalized spacial score (nSPS) is 12.6. The van der Waals surface area contributed by atoms with Crippen LogP contribution in [0.25, 0.3) is 10.8 Å². The fourth-order valence-electron chi connectivity index (χ4n) is 2.53. The second kappa shape index (κ2) is 8.00. The lowest BCUT2D eigenvalue weighted by atomic mass is 10.1. The Hall–Kier alpha value is -2.64. The maximum atomic E-state index is 12.8. The fraction of sp³-hybridized carbons (Fsp3) is 0.150. The van der Waals surface area contributed by atoms with Gasteiger partial charge >= 0.3 is 12.1 Å². The minimum absolute atomic E-state index is 0.0871. The molecule has 0 fully saturated rings. The van der Waals surface area contributed by atoms with E-state index in [0.29, 0.717) is 11.5 Å². The first-order chi connectivity index (χ1) is 13.5. The topological polar surface area (TPSA) is 55.8 Å². The molecule has 1 atom stereocenters. The molecule has 3 aromatic carbocycles. The summed E-state index contributed by atoms with van der Waals surface area (Å²) in [5, 5.41) is 9.86. The van der Waals surface area contributed by atoms with Crippen molar-refractivity contribution in [2.45, 2.75) is 19.2 Å². The molecule has 0 amide bonds. The van der Waals surface area contributed by atoms with Crippen molar-refractivity contribution in [2.75, 3.05) is 0 Å². The van der Waals surface area contributed by atoms with Gasteiger partial charge in [-0.3, -0.25) is 0 Å². The minimum atomic E-state index is -4.58. The van der Waals surface area contributed by atoms with Crippen LogP contribution in [-0.2, 0) is 11.0 Å². The van der Waals surface area contributed by atoms with Crippen molar-refractivity contribution in [3.05, 3.63) is 64.1 Å². The van der Waals surface area contributed by atoms with Gasteiger partial charge in [0.1, 0.15) is 11.5 Å². The maximum Gasteiger partial charge on any atom is 0.416 e. The van der Waals surface area contributed by atoms with E-state index in [1.54, 1.807) is 36.4 Å². The summed E-state index contributed by atoms with van der Waals surface area (Å²) in [6, 6.07) is 11.4. The van der Waals surface area contributed by atoms with Gasteiger partial charge in [0.05, 0.1) is 15.6 Å². The molecule has 152 valence electrons. The molecule has 0 radical (unpaired) electrons. The van der Waals surface area contributed by atoms with Crippen LogP contribution >= 0.6 is 23.2 Å². The van der Waals surface area contributed by atoms with Crippen LogP contribution in [0.2, 0.25) is 10.0 Å². The highest BCUT2D eigenvalue weighted by atomic mass is 35.5. The number of alkyl halides is 3. The van der Waals surface area contributed by atoms with Gasteiger partial charge in [-0.2, -0.15) is 13.2 Å². The van der Waals surface area contributed by atoms with E-state index in [2.05, 4.69) is 0 Å². The Morgan fingerprint density at radius 3 is 2.00 bits per heavy atom. The van der Waals surface area contributed by atoms with Gasteiger partial charge in [-0.05, 0) is 54.1 Å². The maximum absolute atomic E-state index is 12.8. The molecule has 0 saturated heterocycles. The molecular formula is C20H13Cl2F3O4. The number of hydrogen-bond donors (Lipinski definition) is 1. The zero-order chi connectivity index (χ0) is 21.3. The van der Waals surface area contributed by atoms with E-state index in [-0.39, 0.29) is 15.8 Å². The van der Waals surface area contributed by atoms with E-state index in [1.807, 2.05) is 0 Å². The molecule has 29 heavy (non-hydrogen) atoms. The predicted octanol–water partition coefficient (Wildman–Crippen LogP) is 6.81. The molecular weight excluding hydrogens is 432 g/mol. The number of fused-ring (bicyclic) bond motifs is 1. The summed E-state index contributed by atoms with van der Waals surface area (Å²) >= 11 is 11.9. The number of ether oxygens (including phenoxy) is 2. The Morgan fingerprint density at radius 1 is 0.966 bits per heavy atom. The largest absolute Gasteiger partial charge is 0.479 e. The van der Waals surface area contributed by atoms with Gasteiger partial charge in [0.15, 0.2) is 11.9 Å². The summed E-state index contributed by atoms with van der Waals surface area (Å²) in [7, 11) is 0. The quantitative estimate of drug-likeness (QED) is 0.469. The summed E-state index contributed by atoms with van der Waals surface area (Å²) in [4.78, 5) is 10.9. The lowest BCUT2D eigenvalue weighted by molar-refractivity contribution is -0.144. The third-order valence-electron chi connectivity index (χ3n) is 3.99. The lowest BCUT2D eigenvalue weighted by Gasteiger charge is -2.14. The zero-order valence-electron chi connectivity index (χ0n) is 14.8. The molecule has 0 aliphatic heterocycles. The molecule has 0 saturated carbocycles. The molecule has 1 N–H and O–H groups in total. The monoisotopic (exact) mass is 444 g/mol. The minimum Gasteiger partial charge on any atom is -0.479 e. The SMILES string of the molecule is CC(Oc1ccc2cc(Oc3c(Cl)cc(C(F)(F)F)cc3Cl)ccc2c1)C(=O)O. The summed E-state index contributed by atoms with van der Waals surface area (Å²) in [5.41, 5.74) is -0.971. The first kappa shape index (κ1) is 21.1. The standard InChI is InChI=1S/C20H13Cl2F3O4/c1-10(19(26)27)28-14-4-2-12-7-15(5-3-11(12)6-14)29-18-16(21)8-13(9-17(18)22)20(23,24)25/h2-10H,1H3,(H,26,27). The van der Waals surface area contributed by atoms with Crippen LogP contribution in [0.5, 0.6) is 17.2 Å². The number of benzene rings is 3. The van der Waals surface area contributed by atoms with Crippen LogP contribution in [-0.4, -0.2) is 17.2 Å². The van der Waals surface area contributed by atoms with Gasteiger partial charge in [0.25, 0.3) is 0 Å². The Bertz CT molecular complexity index is 1060. The number of carboxylic acids is 1. The third-order valence-corrected chi connectivity index (χ3v) is 4.55. The third kappa shape index (κ3) is 4.86. The highest BCUT2D eigenvalue weighted by molar-refractivity contribution is 6.37. The van der Waals surface area contributed by atoms with E-state index >= 15 is 0 Å². The fourth-order valence-corrected chi connectivity index (χ4v) is 3.10. The van der Waals surface area contributed by atoms with Gasteiger partial charge < -0.3 is 14.6 Å². The van der Waals surface area contributed by atoms with Crippen LogP contribution < -0.4 is 9.47 Å². The van der Waals surface area contributed by atoms with Crippen molar-refractivity contribution < 1.29 is 32.5 Å². The first-order valence-corrected chi connectivity index (χ1v) is 8.97. The molecule has 3 aromatic rings. The zero-order valence-corrected chi connectivity index (χ0v) is 16.3. The summed E-state index contributed by atoms with van der Waals surface area (Å²) in [5.74, 6) is -0.474. The first-order valence-electron chi connectivity index (χ1n) is 8.22. The van der Waals surface area contributed by atoms with Crippen molar-refractivity contribution in [1.82, 2.24) is 0 Å². The van der Waals surface area contributed by atoms with Gasteiger partial charge in [0.2, 0.25) is 0 Å². The molecule has 0 aliphatic carbocycles. The van der Waals surface area contributed by atoms with Crippen molar-refractivity contribution >= 4 is 39.9 Å². The summed E-state index contributed by atoms with van der Waals surface area (Å²) in [6.45, 7) is 1.42. The Kier molecular flexibility index (Phi) is 5.82. The van der Waals surface area contributed by atoms with E-state index in [4.69, 9.17) is 37.8 Å². The van der Waals surface area contributed by atoms with Crippen LogP contribution in [0, 0.1) is 0 Å². The highest BCUT2D eigenvalue weighted by Gasteiger charge is 2.32. The average Bonchev–Trinajstić information content (AvgIpc) is 2.63. The van der Waals surface area contributed by atoms with Gasteiger partial charge in [-0.1, -0.05) is 35.3 Å². The average molecular weight is 445 g/mol. The Balaban J connectivity index is 1.87. The number of carbonyl (C=O) groups is 1. The summed E-state index contributed by atoms with van der Waals surface area (Å²) < 4.78 is 49.4.